The molecule has 2 unspecified atom stereocenters. The van der Waals surface area contributed by atoms with Crippen LogP contribution in [0.4, 0.5) is 0 Å². The summed E-state index contributed by atoms with van der Waals surface area (Å²) < 4.78 is 47.8. The Morgan fingerprint density at radius 1 is 0.467 bits per heavy atom. The zero-order valence-electron chi connectivity index (χ0n) is 34.5. The summed E-state index contributed by atoms with van der Waals surface area (Å²) in [5.41, 5.74) is 1.50. The van der Waals surface area contributed by atoms with E-state index in [-0.39, 0.29) is 33.0 Å². The molecule has 5 aromatic carbocycles. The molecule has 0 aromatic heterocycles. The van der Waals surface area contributed by atoms with Crippen molar-refractivity contribution in [1.82, 2.24) is 0 Å². The van der Waals surface area contributed by atoms with Crippen LogP contribution in [0.15, 0.2) is 152 Å². The zero-order chi connectivity index (χ0) is 41.6. The van der Waals surface area contributed by atoms with Crippen molar-refractivity contribution in [2.45, 2.75) is 109 Å². The molecule has 2 saturated carbocycles. The fourth-order valence-electron chi connectivity index (χ4n) is 8.96. The van der Waals surface area contributed by atoms with Gasteiger partial charge in [0.15, 0.2) is 6.10 Å². The lowest BCUT2D eigenvalue weighted by atomic mass is 9.66. The molecule has 8 atom stereocenters. The van der Waals surface area contributed by atoms with Gasteiger partial charge in [0.05, 0.1) is 38.4 Å². The third-order valence-electron chi connectivity index (χ3n) is 13.0. The van der Waals surface area contributed by atoms with Crippen LogP contribution in [0.25, 0.3) is 0 Å². The summed E-state index contributed by atoms with van der Waals surface area (Å²) in [6.07, 6.45) is -4.56. The molecule has 312 valence electrons. The molecule has 1 heterocycles. The number of carbonyl (C=O) groups excluding carboxylic acids is 2. The lowest BCUT2D eigenvalue weighted by Crippen LogP contribution is -2.68. The second kappa shape index (κ2) is 18.2. The van der Waals surface area contributed by atoms with Crippen LogP contribution in [0, 0.1) is 10.8 Å². The fraction of sp³-hybridized carbons (Fsp3) is 0.373. The Hall–Kier alpha value is -5.16. The molecule has 1 saturated heterocycles. The number of fused-ring (bicyclic) bond motifs is 2. The monoisotopic (exact) mass is 810 g/mol. The topological polar surface area (TPSA) is 98.8 Å². The van der Waals surface area contributed by atoms with Crippen LogP contribution in [-0.4, -0.2) is 54.2 Å². The average Bonchev–Trinajstić information content (AvgIpc) is 3.58. The number of rotatable bonds is 17. The number of ether oxygens (including phenoxy) is 7. The molecular weight excluding hydrogens is 757 g/mol. The molecule has 8 rings (SSSR count). The molecular formula is C51H54O9. The van der Waals surface area contributed by atoms with E-state index >= 15 is 4.79 Å². The number of hydrogen-bond donors (Lipinski definition) is 0. The minimum Gasteiger partial charge on any atom is -0.454 e. The normalized spacial score (nSPS) is 27.9. The number of hydrogen-bond acceptors (Lipinski definition) is 9. The van der Waals surface area contributed by atoms with E-state index in [1.807, 2.05) is 172 Å². The van der Waals surface area contributed by atoms with Crippen LogP contribution >= 0.6 is 0 Å². The maximum absolute atomic E-state index is 15.1. The van der Waals surface area contributed by atoms with Gasteiger partial charge in [-0.2, -0.15) is 0 Å². The van der Waals surface area contributed by atoms with Crippen LogP contribution in [-0.2, 0) is 75.8 Å². The maximum atomic E-state index is 15.1. The van der Waals surface area contributed by atoms with Crippen molar-refractivity contribution in [2.24, 2.45) is 10.8 Å². The van der Waals surface area contributed by atoms with E-state index in [1.165, 1.54) is 0 Å². The molecule has 2 aliphatic carbocycles. The fourth-order valence-corrected chi connectivity index (χ4v) is 8.96. The molecule has 0 amide bonds. The summed E-state index contributed by atoms with van der Waals surface area (Å²) in [6.45, 7) is 6.77. The summed E-state index contributed by atoms with van der Waals surface area (Å²) in [6, 6.07) is 49.4. The van der Waals surface area contributed by atoms with Gasteiger partial charge in [-0.15, -0.1) is 0 Å². The lowest BCUT2D eigenvalue weighted by Gasteiger charge is -2.50. The minimum absolute atomic E-state index is 0.181. The summed E-state index contributed by atoms with van der Waals surface area (Å²) in [5.74, 6) is -1.03. The van der Waals surface area contributed by atoms with E-state index in [2.05, 4.69) is 0 Å². The first-order valence-corrected chi connectivity index (χ1v) is 20.9. The van der Waals surface area contributed by atoms with Gasteiger partial charge in [-0.3, -0.25) is 4.79 Å². The summed E-state index contributed by atoms with van der Waals surface area (Å²) >= 11 is 0. The van der Waals surface area contributed by atoms with Crippen LogP contribution in [0.2, 0.25) is 0 Å². The number of carbonyl (C=O) groups is 2. The van der Waals surface area contributed by atoms with Crippen molar-refractivity contribution in [3.05, 3.63) is 179 Å². The highest BCUT2D eigenvalue weighted by Gasteiger charge is 2.77. The van der Waals surface area contributed by atoms with Gasteiger partial charge in [0.2, 0.25) is 5.60 Å². The molecule has 1 aliphatic heterocycles. The van der Waals surface area contributed by atoms with Crippen LogP contribution in [0.5, 0.6) is 0 Å². The number of esters is 2. The van der Waals surface area contributed by atoms with Gasteiger partial charge in [-0.1, -0.05) is 166 Å². The summed E-state index contributed by atoms with van der Waals surface area (Å²) in [7, 11) is 0. The van der Waals surface area contributed by atoms with Crippen LogP contribution in [0.3, 0.4) is 0 Å². The quantitative estimate of drug-likeness (QED) is 0.0853. The standard InChI is InChI=1S/C51H54O9/c1-49(2)50(3)29-30-51(49,60-47(50)52)48(53)59-46-44(57-34-39-25-15-7-16-26-39)42(55-32-37-21-11-5-12-22-37)41(54-31-36-19-9-4-10-20-36)43(56-33-38-23-13-6-14-24-38)45(46)58-35-40-27-17-8-18-28-40/h4-28,41-46H,29-35H2,1-3H3/t41?,42-,43+,44-,45-,46?,50-,51+/m0/s1. The Kier molecular flexibility index (Phi) is 12.6. The molecule has 3 aliphatic rings. The van der Waals surface area contributed by atoms with E-state index in [0.29, 0.717) is 12.8 Å². The van der Waals surface area contributed by atoms with Crippen LogP contribution in [0.1, 0.15) is 61.4 Å². The van der Waals surface area contributed by atoms with Gasteiger partial charge in [0.1, 0.15) is 30.5 Å². The van der Waals surface area contributed by atoms with E-state index in [1.54, 1.807) is 0 Å². The summed E-state index contributed by atoms with van der Waals surface area (Å²) in [4.78, 5) is 28.5. The van der Waals surface area contributed by atoms with Gasteiger partial charge in [0.25, 0.3) is 0 Å². The highest BCUT2D eigenvalue weighted by molar-refractivity contribution is 5.93. The molecule has 0 N–H and O–H groups in total. The molecule has 60 heavy (non-hydrogen) atoms. The predicted octanol–water partition coefficient (Wildman–Crippen LogP) is 8.96. The Labute approximate surface area is 352 Å². The molecule has 5 aromatic rings. The first kappa shape index (κ1) is 41.6. The average molecular weight is 811 g/mol. The van der Waals surface area contributed by atoms with Gasteiger partial charge in [-0.05, 0) is 47.6 Å². The highest BCUT2D eigenvalue weighted by atomic mass is 16.7. The summed E-state index contributed by atoms with van der Waals surface area (Å²) in [5, 5.41) is 0. The smallest absolute Gasteiger partial charge is 0.351 e. The van der Waals surface area contributed by atoms with Crippen molar-refractivity contribution < 1.29 is 42.7 Å². The minimum atomic E-state index is -1.51. The van der Waals surface area contributed by atoms with Crippen molar-refractivity contribution in [3.8, 4) is 0 Å². The molecule has 9 heteroatoms. The second-order valence-corrected chi connectivity index (χ2v) is 16.8. The van der Waals surface area contributed by atoms with Crippen molar-refractivity contribution >= 4 is 11.9 Å². The van der Waals surface area contributed by atoms with Gasteiger partial charge in [-0.25, -0.2) is 4.79 Å². The third-order valence-corrected chi connectivity index (χ3v) is 13.0. The Morgan fingerprint density at radius 2 is 0.750 bits per heavy atom. The predicted molar refractivity (Wildman–Crippen MR) is 225 cm³/mol. The maximum Gasteiger partial charge on any atom is 0.351 e. The second-order valence-electron chi connectivity index (χ2n) is 16.8. The van der Waals surface area contributed by atoms with Crippen molar-refractivity contribution in [1.29, 1.82) is 0 Å². The third kappa shape index (κ3) is 8.42. The Balaban J connectivity index is 1.24. The van der Waals surface area contributed by atoms with E-state index < -0.39 is 65.0 Å². The molecule has 9 nitrogen and oxygen atoms in total. The number of benzene rings is 5. The van der Waals surface area contributed by atoms with Crippen molar-refractivity contribution in [2.75, 3.05) is 0 Å². The SMILES string of the molecule is CC1(C)[C@@]2(C)CC[C@]1(C(=O)OC1[C@@H](OCc3ccccc3)[C@H](OCc3ccccc3)C(OCc3ccccc3)[C@H](OCc3ccccc3)[C@@H]1OCc1ccccc1)OC2=O. The van der Waals surface area contributed by atoms with E-state index in [0.717, 1.165) is 27.8 Å². The van der Waals surface area contributed by atoms with Crippen LogP contribution < -0.4 is 0 Å². The van der Waals surface area contributed by atoms with E-state index in [9.17, 15) is 4.79 Å². The van der Waals surface area contributed by atoms with Gasteiger partial charge < -0.3 is 33.2 Å². The zero-order valence-corrected chi connectivity index (χ0v) is 34.5. The van der Waals surface area contributed by atoms with Gasteiger partial charge in [0, 0.05) is 5.41 Å². The molecule has 3 fully saturated rings. The molecule has 2 bridgehead atoms. The van der Waals surface area contributed by atoms with E-state index in [4.69, 9.17) is 33.2 Å². The molecule has 0 radical (unpaired) electrons. The Bertz CT molecular complexity index is 2050. The first-order chi connectivity index (χ1) is 29.2. The van der Waals surface area contributed by atoms with Gasteiger partial charge >= 0.3 is 11.9 Å². The highest BCUT2D eigenvalue weighted by Crippen LogP contribution is 2.66. The van der Waals surface area contributed by atoms with Crippen molar-refractivity contribution in [3.63, 3.8) is 0 Å². The lowest BCUT2D eigenvalue weighted by molar-refractivity contribution is -0.289. The first-order valence-electron chi connectivity index (χ1n) is 20.9. The molecule has 0 spiro atoms. The largest absolute Gasteiger partial charge is 0.454 e. The Morgan fingerprint density at radius 3 is 1.00 bits per heavy atom.